The molecule has 0 bridgehead atoms. The van der Waals surface area contributed by atoms with Crippen molar-refractivity contribution in [2.24, 2.45) is 7.05 Å². The first-order valence-corrected chi connectivity index (χ1v) is 8.72. The maximum absolute atomic E-state index is 12.2. The van der Waals surface area contributed by atoms with Crippen LogP contribution in [0, 0.1) is 0 Å². The Morgan fingerprint density at radius 2 is 2.05 bits per heavy atom. The average molecular weight is 317 g/mol. The van der Waals surface area contributed by atoms with Crippen molar-refractivity contribution in [2.45, 2.75) is 44.2 Å². The lowest BCUT2D eigenvalue weighted by Gasteiger charge is -2.08. The number of unbranched alkanes of at least 4 members (excludes halogenated alkanes) is 1. The van der Waals surface area contributed by atoms with E-state index in [1.807, 2.05) is 11.6 Å². The molecule has 0 amide bonds. The molecule has 1 aromatic heterocycles. The van der Waals surface area contributed by atoms with Gasteiger partial charge in [-0.15, -0.1) is 0 Å². The molecule has 0 aliphatic carbocycles. The molecule has 21 heavy (non-hydrogen) atoms. The zero-order chi connectivity index (χ0) is 15.9. The molecule has 6 nitrogen and oxygen atoms in total. The van der Waals surface area contributed by atoms with Gasteiger partial charge in [0.2, 0.25) is 10.0 Å². The average Bonchev–Trinajstić information content (AvgIpc) is 2.78. The number of hydrogen-bond donors (Lipinski definition) is 2. The van der Waals surface area contributed by atoms with Gasteiger partial charge < -0.3 is 14.6 Å². The van der Waals surface area contributed by atoms with Crippen LogP contribution in [0.4, 0.5) is 0 Å². The minimum absolute atomic E-state index is 0.317. The summed E-state index contributed by atoms with van der Waals surface area (Å²) in [5.74, 6) is 0. The van der Waals surface area contributed by atoms with Gasteiger partial charge in [-0.25, -0.2) is 13.1 Å². The zero-order valence-corrected chi connectivity index (χ0v) is 14.2. The van der Waals surface area contributed by atoms with Gasteiger partial charge in [0.15, 0.2) is 0 Å². The van der Waals surface area contributed by atoms with Crippen LogP contribution < -0.4 is 10.0 Å². The maximum atomic E-state index is 12.2. The normalized spacial score (nSPS) is 12.2. The van der Waals surface area contributed by atoms with E-state index >= 15 is 0 Å². The van der Waals surface area contributed by atoms with Crippen molar-refractivity contribution in [2.75, 3.05) is 20.3 Å². The van der Waals surface area contributed by atoms with Crippen molar-refractivity contribution in [3.63, 3.8) is 0 Å². The van der Waals surface area contributed by atoms with Crippen LogP contribution in [0.1, 0.15) is 32.4 Å². The predicted molar refractivity (Wildman–Crippen MR) is 83.7 cm³/mol. The lowest BCUT2D eigenvalue weighted by Crippen LogP contribution is -2.24. The van der Waals surface area contributed by atoms with E-state index in [0.717, 1.165) is 18.5 Å². The second-order valence-electron chi connectivity index (χ2n) is 5.41. The van der Waals surface area contributed by atoms with Crippen LogP contribution in [-0.2, 0) is 28.4 Å². The monoisotopic (exact) mass is 317 g/mol. The number of aryl methyl sites for hydroxylation is 1. The topological polar surface area (TPSA) is 72.4 Å². The van der Waals surface area contributed by atoms with Gasteiger partial charge in [0.05, 0.1) is 4.90 Å². The summed E-state index contributed by atoms with van der Waals surface area (Å²) < 4.78 is 33.8. The van der Waals surface area contributed by atoms with Gasteiger partial charge in [0.1, 0.15) is 0 Å². The van der Waals surface area contributed by atoms with E-state index < -0.39 is 10.0 Å². The Kier molecular flexibility index (Phi) is 7.37. The number of rotatable bonds is 10. The van der Waals surface area contributed by atoms with Crippen LogP contribution in [0.15, 0.2) is 17.2 Å². The van der Waals surface area contributed by atoms with E-state index in [1.54, 1.807) is 19.4 Å². The van der Waals surface area contributed by atoms with E-state index in [0.29, 0.717) is 30.6 Å². The summed E-state index contributed by atoms with van der Waals surface area (Å²) in [5, 5.41) is 3.28. The largest absolute Gasteiger partial charge is 0.385 e. The third-order valence-corrected chi connectivity index (χ3v) is 4.58. The van der Waals surface area contributed by atoms with Gasteiger partial charge in [-0.3, -0.25) is 0 Å². The summed E-state index contributed by atoms with van der Waals surface area (Å²) in [6, 6.07) is 2.08. The molecule has 1 rings (SSSR count). The zero-order valence-electron chi connectivity index (χ0n) is 13.3. The Bertz CT molecular complexity index is 524. The molecule has 0 radical (unpaired) electrons. The first-order chi connectivity index (χ1) is 9.86. The van der Waals surface area contributed by atoms with Crippen molar-refractivity contribution in [3.05, 3.63) is 18.0 Å². The molecule has 0 fully saturated rings. The highest BCUT2D eigenvalue weighted by molar-refractivity contribution is 7.89. The Hall–Kier alpha value is -0.890. The van der Waals surface area contributed by atoms with Crippen LogP contribution in [-0.4, -0.2) is 39.3 Å². The molecule has 1 aromatic rings. The van der Waals surface area contributed by atoms with Gasteiger partial charge in [-0.2, -0.15) is 0 Å². The molecule has 0 aliphatic rings. The standard InChI is InChI=1S/C14H27N3O3S/c1-12(2)15-10-13-9-14(11-17(13)3)21(18,19)16-7-5-6-8-20-4/h9,11-12,15-16H,5-8,10H2,1-4H3. The predicted octanol–water partition coefficient (Wildman–Crippen LogP) is 1.23. The van der Waals surface area contributed by atoms with Crippen molar-refractivity contribution in [1.29, 1.82) is 0 Å². The van der Waals surface area contributed by atoms with Crippen molar-refractivity contribution >= 4 is 10.0 Å². The Balaban J connectivity index is 2.60. The van der Waals surface area contributed by atoms with E-state index in [4.69, 9.17) is 4.74 Å². The molecule has 0 aromatic carbocycles. The molecule has 0 saturated carbocycles. The highest BCUT2D eigenvalue weighted by Crippen LogP contribution is 2.13. The molecule has 7 heteroatoms. The first-order valence-electron chi connectivity index (χ1n) is 7.24. The van der Waals surface area contributed by atoms with E-state index in [2.05, 4.69) is 23.9 Å². The quantitative estimate of drug-likeness (QED) is 0.637. The number of sulfonamides is 1. The van der Waals surface area contributed by atoms with Crippen molar-refractivity contribution < 1.29 is 13.2 Å². The van der Waals surface area contributed by atoms with E-state index in [-0.39, 0.29) is 0 Å². The highest BCUT2D eigenvalue weighted by Gasteiger charge is 2.16. The molecule has 1 heterocycles. The highest BCUT2D eigenvalue weighted by atomic mass is 32.2. The van der Waals surface area contributed by atoms with Crippen LogP contribution in [0.25, 0.3) is 0 Å². The number of aromatic nitrogens is 1. The number of hydrogen-bond acceptors (Lipinski definition) is 4. The lowest BCUT2D eigenvalue weighted by atomic mass is 10.3. The van der Waals surface area contributed by atoms with Gasteiger partial charge in [-0.1, -0.05) is 13.8 Å². The smallest absolute Gasteiger partial charge is 0.242 e. The van der Waals surface area contributed by atoms with E-state index in [9.17, 15) is 8.42 Å². The van der Waals surface area contributed by atoms with Crippen LogP contribution in [0.2, 0.25) is 0 Å². The number of methoxy groups -OCH3 is 1. The molecule has 0 saturated heterocycles. The fourth-order valence-corrected chi connectivity index (χ4v) is 3.04. The number of nitrogens with one attached hydrogen (secondary N) is 2. The minimum Gasteiger partial charge on any atom is -0.385 e. The molecule has 0 atom stereocenters. The fourth-order valence-electron chi connectivity index (χ4n) is 1.87. The Morgan fingerprint density at radius 3 is 2.67 bits per heavy atom. The Labute approximate surface area is 127 Å². The third-order valence-electron chi connectivity index (χ3n) is 3.15. The SMILES string of the molecule is COCCCCNS(=O)(=O)c1cc(CNC(C)C)n(C)c1. The summed E-state index contributed by atoms with van der Waals surface area (Å²) in [7, 11) is 0.0687. The van der Waals surface area contributed by atoms with Crippen molar-refractivity contribution in [1.82, 2.24) is 14.6 Å². The van der Waals surface area contributed by atoms with Crippen LogP contribution in [0.5, 0.6) is 0 Å². The van der Waals surface area contributed by atoms with Gasteiger partial charge in [0, 0.05) is 51.8 Å². The van der Waals surface area contributed by atoms with E-state index in [1.165, 1.54) is 0 Å². The second-order valence-corrected chi connectivity index (χ2v) is 7.18. The minimum atomic E-state index is -3.43. The van der Waals surface area contributed by atoms with Crippen LogP contribution in [0.3, 0.4) is 0 Å². The van der Waals surface area contributed by atoms with Crippen LogP contribution >= 0.6 is 0 Å². The lowest BCUT2D eigenvalue weighted by molar-refractivity contribution is 0.193. The summed E-state index contributed by atoms with van der Waals surface area (Å²) >= 11 is 0. The summed E-state index contributed by atoms with van der Waals surface area (Å²) in [6.07, 6.45) is 3.26. The van der Waals surface area contributed by atoms with Crippen molar-refractivity contribution in [3.8, 4) is 0 Å². The van der Waals surface area contributed by atoms with Gasteiger partial charge in [-0.05, 0) is 18.9 Å². The number of nitrogens with zero attached hydrogens (tertiary/aromatic N) is 1. The maximum Gasteiger partial charge on any atom is 0.242 e. The molecular weight excluding hydrogens is 290 g/mol. The Morgan fingerprint density at radius 1 is 1.33 bits per heavy atom. The number of ether oxygens (including phenoxy) is 1. The molecule has 0 aliphatic heterocycles. The summed E-state index contributed by atoms with van der Waals surface area (Å²) in [5.41, 5.74) is 0.948. The second kappa shape index (κ2) is 8.53. The summed E-state index contributed by atoms with van der Waals surface area (Å²) in [4.78, 5) is 0.317. The molecule has 0 spiro atoms. The molecular formula is C14H27N3O3S. The molecule has 122 valence electrons. The molecule has 2 N–H and O–H groups in total. The molecule has 0 unspecified atom stereocenters. The van der Waals surface area contributed by atoms with Gasteiger partial charge in [0.25, 0.3) is 0 Å². The summed E-state index contributed by atoms with van der Waals surface area (Å²) in [6.45, 7) is 5.85. The third kappa shape index (κ3) is 6.17. The fraction of sp³-hybridized carbons (Fsp3) is 0.714. The first kappa shape index (κ1) is 18.2. The van der Waals surface area contributed by atoms with Gasteiger partial charge >= 0.3 is 0 Å².